The molecule has 0 radical (unpaired) electrons. The van der Waals surface area contributed by atoms with E-state index < -0.39 is 0 Å². The molecule has 0 saturated heterocycles. The van der Waals surface area contributed by atoms with Crippen molar-refractivity contribution < 1.29 is 19.1 Å². The van der Waals surface area contributed by atoms with Crippen LogP contribution < -0.4 is 0 Å². The van der Waals surface area contributed by atoms with Gasteiger partial charge in [-0.3, -0.25) is 14.4 Å². The van der Waals surface area contributed by atoms with Crippen molar-refractivity contribution in [1.29, 1.82) is 0 Å². The standard InChI is InChI=1S/C24H31ClO4/c1-14(26)17-4-5-18-16-13-21(27)20-12-15(29-22(28)8-11-25)6-9-24(20,3)19(16)7-10-23(17,18)2/h4,12,15-16,18-19H,5-11,13H2,1-3H3/t15?,16-,18-,19-,23+,24+/m0/s1. The number of hydrogen-bond donors (Lipinski definition) is 0. The second-order valence-electron chi connectivity index (χ2n) is 9.87. The Labute approximate surface area is 178 Å². The fourth-order valence-electron chi connectivity index (χ4n) is 7.03. The molecule has 0 N–H and O–H groups in total. The maximum absolute atomic E-state index is 13.2. The van der Waals surface area contributed by atoms with Crippen LogP contribution in [0.15, 0.2) is 23.3 Å². The van der Waals surface area contributed by atoms with Crippen molar-refractivity contribution in [1.82, 2.24) is 0 Å². The van der Waals surface area contributed by atoms with Gasteiger partial charge in [0.05, 0.1) is 6.42 Å². The third-order valence-corrected chi connectivity index (χ3v) is 8.62. The molecule has 158 valence electrons. The van der Waals surface area contributed by atoms with Gasteiger partial charge in [0.25, 0.3) is 0 Å². The molecule has 0 spiro atoms. The van der Waals surface area contributed by atoms with Crippen LogP contribution in [0.1, 0.15) is 65.7 Å². The van der Waals surface area contributed by atoms with E-state index in [1.54, 1.807) is 6.92 Å². The third kappa shape index (κ3) is 3.22. The minimum Gasteiger partial charge on any atom is -0.458 e. The van der Waals surface area contributed by atoms with E-state index in [9.17, 15) is 14.4 Å². The number of esters is 1. The normalized spacial score (nSPS) is 40.9. The summed E-state index contributed by atoms with van der Waals surface area (Å²) in [6.07, 6.45) is 9.07. The van der Waals surface area contributed by atoms with Crippen molar-refractivity contribution in [2.75, 3.05) is 5.88 Å². The van der Waals surface area contributed by atoms with Gasteiger partial charge in [-0.15, -0.1) is 11.6 Å². The Morgan fingerprint density at radius 2 is 1.90 bits per heavy atom. The molecule has 5 heteroatoms. The van der Waals surface area contributed by atoms with Gasteiger partial charge in [-0.2, -0.15) is 0 Å². The molecular formula is C24H31ClO4. The maximum Gasteiger partial charge on any atom is 0.307 e. The van der Waals surface area contributed by atoms with E-state index in [0.717, 1.165) is 43.3 Å². The molecule has 4 nitrogen and oxygen atoms in total. The Morgan fingerprint density at radius 3 is 2.59 bits per heavy atom. The molecule has 4 aliphatic carbocycles. The Balaban J connectivity index is 1.59. The number of carbonyl (C=O) groups excluding carboxylic acids is 3. The Kier molecular flexibility index (Phi) is 5.30. The van der Waals surface area contributed by atoms with Crippen molar-refractivity contribution in [3.05, 3.63) is 23.3 Å². The molecule has 29 heavy (non-hydrogen) atoms. The highest BCUT2D eigenvalue weighted by Gasteiger charge is 2.59. The predicted octanol–water partition coefficient (Wildman–Crippen LogP) is 4.79. The van der Waals surface area contributed by atoms with Gasteiger partial charge in [-0.1, -0.05) is 19.9 Å². The number of alkyl halides is 1. The SMILES string of the molecule is CC(=O)C1=CC[C@H]2[C@@H]3CC(=O)C4=CC(OC(=O)CCCl)CC[C@]4(C)[C@H]3CC[C@]12C. The summed E-state index contributed by atoms with van der Waals surface area (Å²) in [7, 11) is 0. The quantitative estimate of drug-likeness (QED) is 0.486. The summed E-state index contributed by atoms with van der Waals surface area (Å²) in [5.74, 6) is 1.49. The summed E-state index contributed by atoms with van der Waals surface area (Å²) in [6.45, 7) is 6.15. The fraction of sp³-hybridized carbons (Fsp3) is 0.708. The van der Waals surface area contributed by atoms with E-state index in [-0.39, 0.29) is 46.8 Å². The van der Waals surface area contributed by atoms with Gasteiger partial charge in [0.15, 0.2) is 11.6 Å². The van der Waals surface area contributed by atoms with Crippen LogP contribution in [0.25, 0.3) is 0 Å². The fourth-order valence-corrected chi connectivity index (χ4v) is 7.19. The van der Waals surface area contributed by atoms with Gasteiger partial charge in [-0.25, -0.2) is 0 Å². The van der Waals surface area contributed by atoms with Crippen LogP contribution in [0.2, 0.25) is 0 Å². The van der Waals surface area contributed by atoms with Crippen LogP contribution in [-0.4, -0.2) is 29.5 Å². The maximum atomic E-state index is 13.2. The van der Waals surface area contributed by atoms with Crippen LogP contribution in [0.5, 0.6) is 0 Å². The van der Waals surface area contributed by atoms with E-state index in [4.69, 9.17) is 16.3 Å². The van der Waals surface area contributed by atoms with E-state index in [1.807, 2.05) is 6.08 Å². The monoisotopic (exact) mass is 418 g/mol. The predicted molar refractivity (Wildman–Crippen MR) is 111 cm³/mol. The Hall–Kier alpha value is -1.42. The lowest BCUT2D eigenvalue weighted by atomic mass is 9.46. The number of halogens is 1. The number of rotatable bonds is 4. The van der Waals surface area contributed by atoms with Crippen molar-refractivity contribution in [3.63, 3.8) is 0 Å². The van der Waals surface area contributed by atoms with E-state index in [0.29, 0.717) is 24.2 Å². The number of ketones is 2. The Morgan fingerprint density at radius 1 is 1.17 bits per heavy atom. The lowest BCUT2D eigenvalue weighted by molar-refractivity contribution is -0.148. The first-order valence-corrected chi connectivity index (χ1v) is 11.5. The van der Waals surface area contributed by atoms with Gasteiger partial charge in [0, 0.05) is 17.9 Å². The summed E-state index contributed by atoms with van der Waals surface area (Å²) in [6, 6.07) is 0. The highest BCUT2D eigenvalue weighted by Crippen LogP contribution is 2.64. The number of ether oxygens (including phenoxy) is 1. The number of Topliss-reactive ketones (excluding diaryl/α,β-unsaturated/α-hetero) is 2. The molecule has 1 unspecified atom stereocenters. The highest BCUT2D eigenvalue weighted by atomic mass is 35.5. The van der Waals surface area contributed by atoms with Gasteiger partial charge in [0.1, 0.15) is 6.10 Å². The first-order chi connectivity index (χ1) is 13.7. The van der Waals surface area contributed by atoms with Crippen molar-refractivity contribution in [3.8, 4) is 0 Å². The molecule has 0 bridgehead atoms. The number of carbonyl (C=O) groups is 3. The van der Waals surface area contributed by atoms with Crippen LogP contribution in [-0.2, 0) is 19.1 Å². The van der Waals surface area contributed by atoms with E-state index in [2.05, 4.69) is 19.9 Å². The summed E-state index contributed by atoms with van der Waals surface area (Å²) in [5, 5.41) is 0. The molecule has 2 saturated carbocycles. The molecule has 0 heterocycles. The molecule has 0 aromatic carbocycles. The van der Waals surface area contributed by atoms with E-state index >= 15 is 0 Å². The topological polar surface area (TPSA) is 60.4 Å². The van der Waals surface area contributed by atoms with Crippen LogP contribution in [0.3, 0.4) is 0 Å². The van der Waals surface area contributed by atoms with Gasteiger partial charge < -0.3 is 4.74 Å². The minimum atomic E-state index is -0.319. The van der Waals surface area contributed by atoms with Gasteiger partial charge >= 0.3 is 5.97 Å². The van der Waals surface area contributed by atoms with Gasteiger partial charge in [0.2, 0.25) is 0 Å². The molecule has 6 atom stereocenters. The molecule has 0 amide bonds. The summed E-state index contributed by atoms with van der Waals surface area (Å²) in [4.78, 5) is 37.3. The smallest absolute Gasteiger partial charge is 0.307 e. The zero-order valence-electron chi connectivity index (χ0n) is 17.6. The molecule has 4 rings (SSSR count). The van der Waals surface area contributed by atoms with Crippen molar-refractivity contribution >= 4 is 29.1 Å². The second kappa shape index (κ2) is 7.37. The zero-order valence-corrected chi connectivity index (χ0v) is 18.4. The number of hydrogen-bond acceptors (Lipinski definition) is 4. The lowest BCUT2D eigenvalue weighted by Crippen LogP contribution is -2.53. The lowest BCUT2D eigenvalue weighted by Gasteiger charge is -2.57. The van der Waals surface area contributed by atoms with Crippen LogP contribution in [0, 0.1) is 28.6 Å². The molecule has 0 aliphatic heterocycles. The first-order valence-electron chi connectivity index (χ1n) is 10.9. The largest absolute Gasteiger partial charge is 0.458 e. The van der Waals surface area contributed by atoms with Crippen molar-refractivity contribution in [2.45, 2.75) is 71.8 Å². The average Bonchev–Trinajstić information content (AvgIpc) is 3.01. The van der Waals surface area contributed by atoms with E-state index in [1.165, 1.54) is 0 Å². The number of allylic oxidation sites excluding steroid dienone is 3. The zero-order chi connectivity index (χ0) is 21.0. The number of fused-ring (bicyclic) bond motifs is 5. The first kappa shape index (κ1) is 20.8. The molecule has 0 aromatic rings. The average molecular weight is 419 g/mol. The molecule has 0 aromatic heterocycles. The third-order valence-electron chi connectivity index (χ3n) is 8.43. The minimum absolute atomic E-state index is 0.0842. The molecular weight excluding hydrogens is 388 g/mol. The summed E-state index contributed by atoms with van der Waals surface area (Å²) >= 11 is 5.64. The summed E-state index contributed by atoms with van der Waals surface area (Å²) in [5.41, 5.74) is 1.61. The van der Waals surface area contributed by atoms with Gasteiger partial charge in [-0.05, 0) is 79.3 Å². The molecule has 2 fully saturated rings. The Bertz CT molecular complexity index is 812. The summed E-state index contributed by atoms with van der Waals surface area (Å²) < 4.78 is 5.54. The van der Waals surface area contributed by atoms with Crippen LogP contribution >= 0.6 is 11.6 Å². The second-order valence-corrected chi connectivity index (χ2v) is 10.3. The van der Waals surface area contributed by atoms with Crippen molar-refractivity contribution in [2.24, 2.45) is 28.6 Å². The van der Waals surface area contributed by atoms with Crippen LogP contribution in [0.4, 0.5) is 0 Å². The molecule has 4 aliphatic rings. The highest BCUT2D eigenvalue weighted by molar-refractivity contribution is 6.18.